The van der Waals surface area contributed by atoms with Gasteiger partial charge in [0.25, 0.3) is 5.91 Å². The highest BCUT2D eigenvalue weighted by atomic mass is 32.1. The van der Waals surface area contributed by atoms with E-state index in [1.54, 1.807) is 11.3 Å². The molecule has 1 saturated heterocycles. The molecule has 1 fully saturated rings. The molecule has 0 bridgehead atoms. The van der Waals surface area contributed by atoms with Gasteiger partial charge in [0.2, 0.25) is 5.91 Å². The second-order valence-corrected chi connectivity index (χ2v) is 13.2. The third-order valence-corrected chi connectivity index (χ3v) is 8.38. The largest absolute Gasteiger partial charge is 0.355 e. The van der Waals surface area contributed by atoms with E-state index >= 15 is 0 Å². The minimum Gasteiger partial charge on any atom is -0.355 e. The molecule has 1 aromatic rings. The van der Waals surface area contributed by atoms with Crippen LogP contribution in [0.2, 0.25) is 0 Å². The van der Waals surface area contributed by atoms with Crippen LogP contribution in [0.4, 0.5) is 0 Å². The van der Waals surface area contributed by atoms with Crippen molar-refractivity contribution in [3.8, 4) is 0 Å². The van der Waals surface area contributed by atoms with E-state index in [9.17, 15) is 9.59 Å². The van der Waals surface area contributed by atoms with Gasteiger partial charge >= 0.3 is 0 Å². The summed E-state index contributed by atoms with van der Waals surface area (Å²) in [5.41, 5.74) is 1.74. The number of carbonyl (C=O) groups is 2. The van der Waals surface area contributed by atoms with Crippen molar-refractivity contribution in [3.05, 3.63) is 21.4 Å². The van der Waals surface area contributed by atoms with Gasteiger partial charge in [-0.3, -0.25) is 9.59 Å². The number of piperidine rings is 1. The molecule has 1 aromatic heterocycles. The molecule has 2 amide bonds. The lowest BCUT2D eigenvalue weighted by Crippen LogP contribution is -2.45. The summed E-state index contributed by atoms with van der Waals surface area (Å²) in [6.07, 6.45) is 4.92. The summed E-state index contributed by atoms with van der Waals surface area (Å²) in [5, 5.41) is 3.16. The Balaban J connectivity index is 1.51. The van der Waals surface area contributed by atoms with Gasteiger partial charge in [-0.25, -0.2) is 0 Å². The maximum atomic E-state index is 13.2. The molecule has 0 aromatic carbocycles. The molecule has 0 spiro atoms. The third-order valence-electron chi connectivity index (χ3n) is 7.16. The smallest absolute Gasteiger partial charge is 0.263 e. The van der Waals surface area contributed by atoms with Crippen LogP contribution < -0.4 is 5.32 Å². The number of aryl methyl sites for hydroxylation is 1. The van der Waals surface area contributed by atoms with Crippen LogP contribution in [0.15, 0.2) is 6.07 Å². The van der Waals surface area contributed by atoms with E-state index in [1.165, 1.54) is 16.9 Å². The van der Waals surface area contributed by atoms with Crippen molar-refractivity contribution >= 4 is 23.2 Å². The van der Waals surface area contributed by atoms with E-state index in [0.29, 0.717) is 31.0 Å². The quantitative estimate of drug-likeness (QED) is 0.681. The number of thiophene rings is 1. The van der Waals surface area contributed by atoms with Gasteiger partial charge in [-0.15, -0.1) is 11.3 Å². The molecular weight excluding hydrogens is 418 g/mol. The Morgan fingerprint density at radius 1 is 1.12 bits per heavy atom. The second-order valence-electron chi connectivity index (χ2n) is 12.1. The summed E-state index contributed by atoms with van der Waals surface area (Å²) in [7, 11) is 4.12. The SMILES string of the molecule is CN(C)CC(C)(C)CNC(=O)C1CCN(C(=O)c2cc3c(s2)CCC(C(C)(C)C)C3)CC1. The highest BCUT2D eigenvalue weighted by Gasteiger charge is 2.33. The van der Waals surface area contributed by atoms with E-state index < -0.39 is 0 Å². The summed E-state index contributed by atoms with van der Waals surface area (Å²) in [6.45, 7) is 14.3. The summed E-state index contributed by atoms with van der Waals surface area (Å²) >= 11 is 1.70. The van der Waals surface area contributed by atoms with Gasteiger partial charge in [-0.05, 0) is 74.6 Å². The van der Waals surface area contributed by atoms with Crippen molar-refractivity contribution in [2.24, 2.45) is 22.7 Å². The second kappa shape index (κ2) is 9.84. The van der Waals surface area contributed by atoms with Crippen molar-refractivity contribution < 1.29 is 9.59 Å². The number of likely N-dealkylation sites (tertiary alicyclic amines) is 1. The molecule has 3 rings (SSSR count). The average Bonchev–Trinajstić information content (AvgIpc) is 3.13. The number of hydrogen-bond donors (Lipinski definition) is 1. The van der Waals surface area contributed by atoms with Crippen LogP contribution >= 0.6 is 11.3 Å². The number of nitrogens with one attached hydrogen (secondary N) is 1. The first-order chi connectivity index (χ1) is 14.9. The van der Waals surface area contributed by atoms with Crippen molar-refractivity contribution in [1.29, 1.82) is 0 Å². The summed E-state index contributed by atoms with van der Waals surface area (Å²) in [6, 6.07) is 2.16. The number of hydrogen-bond acceptors (Lipinski definition) is 4. The first-order valence-corrected chi connectivity index (χ1v) is 13.0. The fraction of sp³-hybridized carbons (Fsp3) is 0.769. The van der Waals surface area contributed by atoms with Crippen LogP contribution in [0.5, 0.6) is 0 Å². The molecule has 1 aliphatic heterocycles. The van der Waals surface area contributed by atoms with Gasteiger partial charge in [0, 0.05) is 37.0 Å². The van der Waals surface area contributed by atoms with Gasteiger partial charge in [0.15, 0.2) is 0 Å². The maximum absolute atomic E-state index is 13.2. The predicted octanol–water partition coefficient (Wildman–Crippen LogP) is 4.46. The van der Waals surface area contributed by atoms with Gasteiger partial charge in [0.1, 0.15) is 0 Å². The molecule has 1 atom stereocenters. The Labute approximate surface area is 198 Å². The molecule has 2 aliphatic rings. The number of nitrogens with zero attached hydrogens (tertiary/aromatic N) is 2. The normalized spacial score (nSPS) is 20.4. The zero-order valence-corrected chi connectivity index (χ0v) is 22.0. The van der Waals surface area contributed by atoms with E-state index in [4.69, 9.17) is 0 Å². The maximum Gasteiger partial charge on any atom is 0.263 e. The van der Waals surface area contributed by atoms with Gasteiger partial charge < -0.3 is 15.1 Å². The molecule has 1 unspecified atom stereocenters. The number of carbonyl (C=O) groups excluding carboxylic acids is 2. The topological polar surface area (TPSA) is 52.7 Å². The van der Waals surface area contributed by atoms with Crippen LogP contribution in [0.3, 0.4) is 0 Å². The molecule has 5 nitrogen and oxygen atoms in total. The number of fused-ring (bicyclic) bond motifs is 1. The summed E-state index contributed by atoms with van der Waals surface area (Å²) < 4.78 is 0. The first-order valence-electron chi connectivity index (χ1n) is 12.2. The fourth-order valence-electron chi connectivity index (χ4n) is 5.25. The van der Waals surface area contributed by atoms with Crippen LogP contribution in [-0.4, -0.2) is 61.9 Å². The fourth-order valence-corrected chi connectivity index (χ4v) is 6.43. The Morgan fingerprint density at radius 3 is 2.38 bits per heavy atom. The van der Waals surface area contributed by atoms with E-state index in [-0.39, 0.29) is 23.1 Å². The highest BCUT2D eigenvalue weighted by Crippen LogP contribution is 2.40. The molecule has 2 heterocycles. The van der Waals surface area contributed by atoms with Gasteiger partial charge in [-0.1, -0.05) is 34.6 Å². The van der Waals surface area contributed by atoms with E-state index in [2.05, 4.69) is 65.0 Å². The number of amides is 2. The first kappa shape index (κ1) is 25.2. The molecule has 0 saturated carbocycles. The van der Waals surface area contributed by atoms with Crippen molar-refractivity contribution in [2.75, 3.05) is 40.3 Å². The van der Waals surface area contributed by atoms with Gasteiger partial charge in [-0.2, -0.15) is 0 Å². The van der Waals surface area contributed by atoms with E-state index in [1.807, 2.05) is 4.90 Å². The molecule has 180 valence electrons. The minimum atomic E-state index is 0.0123. The lowest BCUT2D eigenvalue weighted by atomic mass is 9.72. The van der Waals surface area contributed by atoms with Crippen LogP contribution in [0.1, 0.15) is 74.0 Å². The Morgan fingerprint density at radius 2 is 1.78 bits per heavy atom. The molecular formula is C26H43N3O2S. The van der Waals surface area contributed by atoms with Crippen molar-refractivity contribution in [2.45, 2.75) is 66.7 Å². The van der Waals surface area contributed by atoms with Crippen LogP contribution in [0, 0.1) is 22.7 Å². The lowest BCUT2D eigenvalue weighted by Gasteiger charge is -2.33. The lowest BCUT2D eigenvalue weighted by molar-refractivity contribution is -0.126. The Bertz CT molecular complexity index is 814. The van der Waals surface area contributed by atoms with Crippen molar-refractivity contribution in [3.63, 3.8) is 0 Å². The third kappa shape index (κ3) is 6.34. The standard InChI is InChI=1S/C26H43N3O2S/c1-25(2,3)20-8-9-21-19(14-20)15-22(32-21)24(31)29-12-10-18(11-13-29)23(30)27-16-26(4,5)17-28(6)7/h15,18,20H,8-14,16-17H2,1-7H3,(H,27,30). The predicted molar refractivity (Wildman–Crippen MR) is 133 cm³/mol. The monoisotopic (exact) mass is 461 g/mol. The van der Waals surface area contributed by atoms with Crippen LogP contribution in [0.25, 0.3) is 0 Å². The Hall–Kier alpha value is -1.40. The molecule has 0 radical (unpaired) electrons. The average molecular weight is 462 g/mol. The summed E-state index contributed by atoms with van der Waals surface area (Å²) in [5.74, 6) is 0.995. The number of rotatable bonds is 6. The molecule has 6 heteroatoms. The Kier molecular flexibility index (Phi) is 7.76. The zero-order valence-electron chi connectivity index (χ0n) is 21.2. The van der Waals surface area contributed by atoms with Crippen molar-refractivity contribution in [1.82, 2.24) is 15.1 Å². The summed E-state index contributed by atoms with van der Waals surface area (Å²) in [4.78, 5) is 32.3. The molecule has 1 aliphatic carbocycles. The molecule has 1 N–H and O–H groups in total. The molecule has 32 heavy (non-hydrogen) atoms. The van der Waals surface area contributed by atoms with Crippen LogP contribution in [-0.2, 0) is 17.6 Å². The zero-order chi connectivity index (χ0) is 23.7. The minimum absolute atomic E-state index is 0.0123. The highest BCUT2D eigenvalue weighted by molar-refractivity contribution is 7.14. The van der Waals surface area contributed by atoms with Gasteiger partial charge in [0.05, 0.1) is 4.88 Å². The van der Waals surface area contributed by atoms with E-state index in [0.717, 1.165) is 37.1 Å².